The van der Waals surface area contributed by atoms with E-state index in [-0.39, 0.29) is 0 Å². The van der Waals surface area contributed by atoms with Crippen LogP contribution in [-0.4, -0.2) is 5.11 Å². The Labute approximate surface area is 79.4 Å². The summed E-state index contributed by atoms with van der Waals surface area (Å²) in [7, 11) is 0. The number of hydrogen-bond donors (Lipinski definition) is 1. The molecule has 0 saturated heterocycles. The fourth-order valence-corrected chi connectivity index (χ4v) is 1.77. The molecule has 1 fully saturated rings. The van der Waals surface area contributed by atoms with Crippen molar-refractivity contribution < 1.29 is 5.11 Å². The van der Waals surface area contributed by atoms with Crippen molar-refractivity contribution >= 4 is 0 Å². The quantitative estimate of drug-likeness (QED) is 0.734. The van der Waals surface area contributed by atoms with Gasteiger partial charge in [0.2, 0.25) is 0 Å². The van der Waals surface area contributed by atoms with Crippen molar-refractivity contribution in [3.63, 3.8) is 0 Å². The Morgan fingerprint density at radius 1 is 1.23 bits per heavy atom. The Balaban J connectivity index is 2.28. The highest BCUT2D eigenvalue weighted by Gasteiger charge is 2.40. The summed E-state index contributed by atoms with van der Waals surface area (Å²) in [6, 6.07) is 8.19. The van der Waals surface area contributed by atoms with E-state index in [1.165, 1.54) is 18.4 Å². The summed E-state index contributed by atoms with van der Waals surface area (Å²) in [6.07, 6.45) is 2.34. The zero-order chi connectivity index (χ0) is 9.47. The van der Waals surface area contributed by atoms with E-state index in [4.69, 9.17) is 0 Å². The fourth-order valence-electron chi connectivity index (χ4n) is 1.77. The number of aliphatic hydroxyl groups is 1. The van der Waals surface area contributed by atoms with Gasteiger partial charge in [-0.3, -0.25) is 0 Å². The van der Waals surface area contributed by atoms with Crippen molar-refractivity contribution in [1.82, 2.24) is 0 Å². The van der Waals surface area contributed by atoms with Crippen LogP contribution in [-0.2, 0) is 5.60 Å². The number of aryl methyl sites for hydroxylation is 1. The molecule has 1 atom stereocenters. The van der Waals surface area contributed by atoms with Gasteiger partial charge in [-0.25, -0.2) is 0 Å². The minimum atomic E-state index is -0.603. The van der Waals surface area contributed by atoms with Gasteiger partial charge in [0, 0.05) is 0 Å². The van der Waals surface area contributed by atoms with Crippen molar-refractivity contribution in [1.29, 1.82) is 0 Å². The topological polar surface area (TPSA) is 20.2 Å². The highest BCUT2D eigenvalue weighted by atomic mass is 16.3. The van der Waals surface area contributed by atoms with Crippen LogP contribution in [0, 0.1) is 12.8 Å². The smallest absolute Gasteiger partial charge is 0.0896 e. The van der Waals surface area contributed by atoms with Gasteiger partial charge in [-0.2, -0.15) is 0 Å². The molecule has 0 amide bonds. The second-order valence-corrected chi connectivity index (χ2v) is 4.29. The molecule has 1 unspecified atom stereocenters. The summed E-state index contributed by atoms with van der Waals surface area (Å²) < 4.78 is 0. The second kappa shape index (κ2) is 2.85. The van der Waals surface area contributed by atoms with E-state index in [9.17, 15) is 5.11 Å². The van der Waals surface area contributed by atoms with Crippen molar-refractivity contribution in [2.45, 2.75) is 32.3 Å². The van der Waals surface area contributed by atoms with E-state index >= 15 is 0 Å². The van der Waals surface area contributed by atoms with Gasteiger partial charge in [-0.15, -0.1) is 0 Å². The summed E-state index contributed by atoms with van der Waals surface area (Å²) in [5.74, 6) is 0.482. The predicted molar refractivity (Wildman–Crippen MR) is 53.5 cm³/mol. The Hall–Kier alpha value is -0.820. The maximum atomic E-state index is 10.2. The van der Waals surface area contributed by atoms with Crippen LogP contribution in [0.15, 0.2) is 24.3 Å². The van der Waals surface area contributed by atoms with Crippen LogP contribution in [0.5, 0.6) is 0 Å². The highest BCUT2D eigenvalue weighted by molar-refractivity contribution is 5.27. The first-order valence-corrected chi connectivity index (χ1v) is 4.90. The van der Waals surface area contributed by atoms with E-state index in [1.54, 1.807) is 0 Å². The molecule has 0 heterocycles. The van der Waals surface area contributed by atoms with Gasteiger partial charge in [-0.05, 0) is 38.2 Å². The first-order chi connectivity index (χ1) is 6.10. The molecule has 1 saturated carbocycles. The van der Waals surface area contributed by atoms with E-state index in [0.717, 1.165) is 5.56 Å². The lowest BCUT2D eigenvalue weighted by Gasteiger charge is -2.23. The van der Waals surface area contributed by atoms with Crippen molar-refractivity contribution in [2.75, 3.05) is 0 Å². The molecule has 1 heteroatoms. The summed E-state index contributed by atoms with van der Waals surface area (Å²) in [5.41, 5.74) is 1.70. The summed E-state index contributed by atoms with van der Waals surface area (Å²) in [6.45, 7) is 3.99. The number of hydrogen-bond acceptors (Lipinski definition) is 1. The maximum absolute atomic E-state index is 10.2. The molecule has 0 aliphatic heterocycles. The SMILES string of the molecule is Cc1ccc(C(C)(O)C2CC2)cc1. The molecular formula is C12H16O. The first-order valence-electron chi connectivity index (χ1n) is 4.90. The second-order valence-electron chi connectivity index (χ2n) is 4.29. The van der Waals surface area contributed by atoms with Crippen molar-refractivity contribution in [3.05, 3.63) is 35.4 Å². The molecule has 1 aromatic rings. The summed E-state index contributed by atoms with van der Waals surface area (Å²) in [4.78, 5) is 0. The monoisotopic (exact) mass is 176 g/mol. The average Bonchev–Trinajstić information content (AvgIpc) is 2.87. The predicted octanol–water partition coefficient (Wildman–Crippen LogP) is 2.61. The molecule has 1 aromatic carbocycles. The Morgan fingerprint density at radius 2 is 1.77 bits per heavy atom. The molecule has 2 rings (SSSR count). The van der Waals surface area contributed by atoms with E-state index in [1.807, 2.05) is 19.1 Å². The molecular weight excluding hydrogens is 160 g/mol. The van der Waals surface area contributed by atoms with Crippen LogP contribution in [0.3, 0.4) is 0 Å². The number of benzene rings is 1. The van der Waals surface area contributed by atoms with Gasteiger partial charge in [0.05, 0.1) is 5.60 Å². The van der Waals surface area contributed by atoms with Gasteiger partial charge in [-0.1, -0.05) is 29.8 Å². The third kappa shape index (κ3) is 1.61. The van der Waals surface area contributed by atoms with Crippen LogP contribution >= 0.6 is 0 Å². The Morgan fingerprint density at radius 3 is 2.23 bits per heavy atom. The average molecular weight is 176 g/mol. The lowest BCUT2D eigenvalue weighted by atomic mass is 9.90. The lowest BCUT2D eigenvalue weighted by molar-refractivity contribution is 0.0331. The molecule has 70 valence electrons. The first kappa shape index (κ1) is 8.76. The van der Waals surface area contributed by atoms with Crippen LogP contribution in [0.4, 0.5) is 0 Å². The lowest BCUT2D eigenvalue weighted by Crippen LogP contribution is -2.23. The van der Waals surface area contributed by atoms with Crippen LogP contribution in [0.25, 0.3) is 0 Å². The van der Waals surface area contributed by atoms with E-state index in [0.29, 0.717) is 5.92 Å². The highest BCUT2D eigenvalue weighted by Crippen LogP contribution is 2.45. The number of rotatable bonds is 2. The zero-order valence-corrected chi connectivity index (χ0v) is 8.25. The van der Waals surface area contributed by atoms with Gasteiger partial charge in [0.25, 0.3) is 0 Å². The van der Waals surface area contributed by atoms with Gasteiger partial charge >= 0.3 is 0 Å². The molecule has 1 aliphatic rings. The minimum absolute atomic E-state index is 0.482. The Bertz CT molecular complexity index is 293. The zero-order valence-electron chi connectivity index (χ0n) is 8.25. The molecule has 1 nitrogen and oxygen atoms in total. The Kier molecular flexibility index (Phi) is 1.92. The molecule has 0 aromatic heterocycles. The van der Waals surface area contributed by atoms with Gasteiger partial charge in [0.1, 0.15) is 0 Å². The van der Waals surface area contributed by atoms with Crippen LogP contribution in [0.1, 0.15) is 30.9 Å². The summed E-state index contributed by atoms with van der Waals surface area (Å²) >= 11 is 0. The minimum Gasteiger partial charge on any atom is -0.385 e. The van der Waals surface area contributed by atoms with Gasteiger partial charge in [0.15, 0.2) is 0 Å². The third-order valence-corrected chi connectivity index (χ3v) is 3.01. The van der Waals surface area contributed by atoms with E-state index in [2.05, 4.69) is 19.1 Å². The fraction of sp³-hybridized carbons (Fsp3) is 0.500. The van der Waals surface area contributed by atoms with Crippen LogP contribution in [0.2, 0.25) is 0 Å². The molecule has 0 radical (unpaired) electrons. The van der Waals surface area contributed by atoms with Crippen molar-refractivity contribution in [2.24, 2.45) is 5.92 Å². The molecule has 1 N–H and O–H groups in total. The van der Waals surface area contributed by atoms with Crippen LogP contribution < -0.4 is 0 Å². The molecule has 0 spiro atoms. The third-order valence-electron chi connectivity index (χ3n) is 3.01. The van der Waals surface area contributed by atoms with Crippen molar-refractivity contribution in [3.8, 4) is 0 Å². The standard InChI is InChI=1S/C12H16O/c1-9-3-5-10(6-4-9)12(2,13)11-7-8-11/h3-6,11,13H,7-8H2,1-2H3. The van der Waals surface area contributed by atoms with E-state index < -0.39 is 5.60 Å². The largest absolute Gasteiger partial charge is 0.385 e. The maximum Gasteiger partial charge on any atom is 0.0896 e. The van der Waals surface area contributed by atoms with Gasteiger partial charge < -0.3 is 5.11 Å². The molecule has 13 heavy (non-hydrogen) atoms. The molecule has 0 bridgehead atoms. The molecule has 1 aliphatic carbocycles. The summed E-state index contributed by atoms with van der Waals surface area (Å²) in [5, 5.41) is 10.2. The normalized spacial score (nSPS) is 21.2.